The second-order valence-corrected chi connectivity index (χ2v) is 6.47. The third-order valence-corrected chi connectivity index (χ3v) is 3.40. The summed E-state index contributed by atoms with van der Waals surface area (Å²) in [5, 5.41) is 0. The fraction of sp³-hybridized carbons (Fsp3) is 0.455. The minimum absolute atomic E-state index is 0.230. The van der Waals surface area contributed by atoms with Gasteiger partial charge in [-0.2, -0.15) is 8.78 Å². The van der Waals surface area contributed by atoms with E-state index < -0.39 is 26.0 Å². The Kier molecular flexibility index (Phi) is 4.28. The quantitative estimate of drug-likeness (QED) is 0.892. The molecule has 0 bridgehead atoms. The molecule has 0 atom stereocenters. The highest BCUT2D eigenvalue weighted by Gasteiger charge is 2.26. The van der Waals surface area contributed by atoms with Gasteiger partial charge in [-0.15, -0.1) is 0 Å². The number of hydrogen-bond acceptors (Lipinski definition) is 4. The summed E-state index contributed by atoms with van der Waals surface area (Å²) in [5.41, 5.74) is 5.17. The minimum Gasteiger partial charge on any atom is -0.492 e. The molecule has 0 aliphatic carbocycles. The predicted octanol–water partition coefficient (Wildman–Crippen LogP) is 1.80. The van der Waals surface area contributed by atoms with Gasteiger partial charge in [0.15, 0.2) is 0 Å². The summed E-state index contributed by atoms with van der Waals surface area (Å²) in [6, 6.07) is 4.81. The molecule has 0 aliphatic heterocycles. The fourth-order valence-electron chi connectivity index (χ4n) is 1.10. The van der Waals surface area contributed by atoms with Crippen molar-refractivity contribution in [2.75, 3.05) is 6.61 Å². The number of sulfone groups is 1. The van der Waals surface area contributed by atoms with E-state index in [1.807, 2.05) is 0 Å². The Morgan fingerprint density at radius 1 is 1.28 bits per heavy atom. The van der Waals surface area contributed by atoms with Crippen LogP contribution < -0.4 is 10.5 Å². The molecular formula is C11H15F2NO3S. The first-order valence-corrected chi connectivity index (χ1v) is 6.71. The molecule has 0 spiro atoms. The Labute approximate surface area is 105 Å². The predicted molar refractivity (Wildman–Crippen MR) is 63.4 cm³/mol. The molecule has 0 saturated carbocycles. The molecule has 0 aliphatic rings. The monoisotopic (exact) mass is 279 g/mol. The van der Waals surface area contributed by atoms with Crippen LogP contribution >= 0.6 is 0 Å². The number of rotatable bonds is 5. The Morgan fingerprint density at radius 3 is 2.17 bits per heavy atom. The highest BCUT2D eigenvalue weighted by atomic mass is 32.2. The van der Waals surface area contributed by atoms with Crippen molar-refractivity contribution < 1.29 is 21.9 Å². The van der Waals surface area contributed by atoms with Gasteiger partial charge in [0.05, 0.1) is 4.90 Å². The third-order valence-electron chi connectivity index (χ3n) is 2.00. The van der Waals surface area contributed by atoms with E-state index >= 15 is 0 Å². The van der Waals surface area contributed by atoms with Gasteiger partial charge >= 0.3 is 5.76 Å². The second-order valence-electron chi connectivity index (χ2n) is 4.55. The van der Waals surface area contributed by atoms with E-state index in [9.17, 15) is 17.2 Å². The Bertz CT molecular complexity index is 492. The topological polar surface area (TPSA) is 69.4 Å². The maximum absolute atomic E-state index is 12.3. The van der Waals surface area contributed by atoms with Crippen molar-refractivity contribution in [1.82, 2.24) is 0 Å². The normalized spacial score (nSPS) is 12.8. The molecule has 0 radical (unpaired) electrons. The van der Waals surface area contributed by atoms with Gasteiger partial charge in [0.1, 0.15) is 12.4 Å². The number of hydrogen-bond donors (Lipinski definition) is 1. The zero-order chi connectivity index (χ0) is 14.0. The first-order chi connectivity index (χ1) is 8.13. The molecule has 0 aromatic heterocycles. The molecule has 0 saturated heterocycles. The maximum atomic E-state index is 12.3. The van der Waals surface area contributed by atoms with Gasteiger partial charge in [0.25, 0.3) is 0 Å². The zero-order valence-electron chi connectivity index (χ0n) is 10.1. The van der Waals surface area contributed by atoms with Crippen molar-refractivity contribution in [1.29, 1.82) is 0 Å². The van der Waals surface area contributed by atoms with Crippen LogP contribution in [0.5, 0.6) is 5.75 Å². The number of alkyl halides is 2. The van der Waals surface area contributed by atoms with Gasteiger partial charge in [-0.3, -0.25) is 0 Å². The third kappa shape index (κ3) is 3.92. The van der Waals surface area contributed by atoms with Crippen molar-refractivity contribution in [2.45, 2.75) is 30.0 Å². The van der Waals surface area contributed by atoms with Gasteiger partial charge in [0, 0.05) is 5.54 Å². The summed E-state index contributed by atoms with van der Waals surface area (Å²) >= 11 is 0. The second kappa shape index (κ2) is 5.19. The van der Waals surface area contributed by atoms with Crippen LogP contribution in [0.25, 0.3) is 0 Å². The highest BCUT2D eigenvalue weighted by molar-refractivity contribution is 7.91. The largest absolute Gasteiger partial charge is 0.492 e. The number of benzene rings is 1. The molecule has 0 amide bonds. The minimum atomic E-state index is -4.55. The Hall–Kier alpha value is -1.21. The van der Waals surface area contributed by atoms with E-state index in [1.165, 1.54) is 12.1 Å². The van der Waals surface area contributed by atoms with Crippen LogP contribution in [0.2, 0.25) is 0 Å². The molecule has 0 fully saturated rings. The molecular weight excluding hydrogens is 264 g/mol. The van der Waals surface area contributed by atoms with Crippen molar-refractivity contribution in [2.24, 2.45) is 5.73 Å². The summed E-state index contributed by atoms with van der Waals surface area (Å²) in [6.07, 6.45) is 0. The summed E-state index contributed by atoms with van der Waals surface area (Å²) in [4.78, 5) is -0.433. The average molecular weight is 279 g/mol. The summed E-state index contributed by atoms with van der Waals surface area (Å²) in [7, 11) is -4.55. The maximum Gasteiger partial charge on any atom is 0.341 e. The lowest BCUT2D eigenvalue weighted by molar-refractivity contribution is 0.234. The summed E-state index contributed by atoms with van der Waals surface area (Å²) in [5.74, 6) is -3.05. The lowest BCUT2D eigenvalue weighted by Gasteiger charge is -2.19. The van der Waals surface area contributed by atoms with Gasteiger partial charge in [0.2, 0.25) is 9.84 Å². The van der Waals surface area contributed by atoms with E-state index in [4.69, 9.17) is 10.5 Å². The molecule has 1 rings (SSSR count). The number of ether oxygens (including phenoxy) is 1. The van der Waals surface area contributed by atoms with Crippen LogP contribution in [-0.2, 0) is 9.84 Å². The van der Waals surface area contributed by atoms with Crippen LogP contribution in [0.1, 0.15) is 13.8 Å². The fourth-order valence-corrected chi connectivity index (χ4v) is 1.82. The molecule has 0 unspecified atom stereocenters. The first kappa shape index (κ1) is 14.8. The Balaban J connectivity index is 2.81. The molecule has 1 aromatic rings. The van der Waals surface area contributed by atoms with E-state index in [2.05, 4.69) is 0 Å². The van der Waals surface area contributed by atoms with E-state index in [0.29, 0.717) is 5.75 Å². The standard InChI is InChI=1S/C11H15F2NO3S/c1-11(2,14)7-17-8-3-5-9(6-4-8)18(15,16)10(12)13/h3-6,10H,7,14H2,1-2H3. The molecule has 18 heavy (non-hydrogen) atoms. The van der Waals surface area contributed by atoms with Crippen LogP contribution in [0.15, 0.2) is 29.2 Å². The molecule has 2 N–H and O–H groups in total. The highest BCUT2D eigenvalue weighted by Crippen LogP contribution is 2.21. The molecule has 102 valence electrons. The van der Waals surface area contributed by atoms with Crippen molar-refractivity contribution in [3.05, 3.63) is 24.3 Å². The van der Waals surface area contributed by atoms with Gasteiger partial charge in [-0.1, -0.05) is 0 Å². The zero-order valence-corrected chi connectivity index (χ0v) is 10.9. The van der Waals surface area contributed by atoms with E-state index in [-0.39, 0.29) is 6.61 Å². The summed E-state index contributed by atoms with van der Waals surface area (Å²) < 4.78 is 52.1. The summed E-state index contributed by atoms with van der Waals surface area (Å²) in [6.45, 7) is 3.76. The number of halogens is 2. The van der Waals surface area contributed by atoms with Crippen molar-refractivity contribution >= 4 is 9.84 Å². The first-order valence-electron chi connectivity index (χ1n) is 5.17. The molecule has 0 heterocycles. The molecule has 4 nitrogen and oxygen atoms in total. The molecule has 7 heteroatoms. The van der Waals surface area contributed by atoms with Gasteiger partial charge in [-0.05, 0) is 38.1 Å². The number of nitrogens with two attached hydrogens (primary N) is 1. The van der Waals surface area contributed by atoms with Crippen molar-refractivity contribution in [3.63, 3.8) is 0 Å². The van der Waals surface area contributed by atoms with E-state index in [1.54, 1.807) is 13.8 Å². The molecule has 1 aromatic carbocycles. The van der Waals surface area contributed by atoms with Gasteiger partial charge < -0.3 is 10.5 Å². The lowest BCUT2D eigenvalue weighted by Crippen LogP contribution is -2.38. The van der Waals surface area contributed by atoms with Crippen LogP contribution in [-0.4, -0.2) is 26.3 Å². The smallest absolute Gasteiger partial charge is 0.341 e. The lowest BCUT2D eigenvalue weighted by atomic mass is 10.1. The van der Waals surface area contributed by atoms with E-state index in [0.717, 1.165) is 12.1 Å². The van der Waals surface area contributed by atoms with Gasteiger partial charge in [-0.25, -0.2) is 8.42 Å². The SMILES string of the molecule is CC(C)(N)COc1ccc(S(=O)(=O)C(F)F)cc1. The Morgan fingerprint density at radius 2 is 1.78 bits per heavy atom. The van der Waals surface area contributed by atoms with Crippen LogP contribution in [0.3, 0.4) is 0 Å². The van der Waals surface area contributed by atoms with Crippen LogP contribution in [0, 0.1) is 0 Å². The van der Waals surface area contributed by atoms with Crippen molar-refractivity contribution in [3.8, 4) is 5.75 Å². The average Bonchev–Trinajstić information content (AvgIpc) is 2.26. The van der Waals surface area contributed by atoms with Crippen LogP contribution in [0.4, 0.5) is 8.78 Å².